The van der Waals surface area contributed by atoms with Crippen LogP contribution < -0.4 is 9.62 Å². The Morgan fingerprint density at radius 1 is 1.13 bits per heavy atom. The molecule has 0 unspecified atom stereocenters. The average molecular weight is 434 g/mol. The first-order chi connectivity index (χ1) is 13.9. The lowest BCUT2D eigenvalue weighted by Crippen LogP contribution is -2.42. The summed E-state index contributed by atoms with van der Waals surface area (Å²) in [5.74, 6) is -0.488. The molecular formula is C21H27N3O5S. The van der Waals surface area contributed by atoms with Crippen LogP contribution in [0.5, 0.6) is 0 Å². The number of hydrogen-bond acceptors (Lipinski definition) is 5. The molecule has 0 fully saturated rings. The minimum Gasteiger partial charge on any atom is -0.348 e. The minimum atomic E-state index is -3.85. The largest absolute Gasteiger partial charge is 0.348 e. The zero-order chi connectivity index (χ0) is 22.6. The fraction of sp³-hybridized carbons (Fsp3) is 0.381. The van der Waals surface area contributed by atoms with Gasteiger partial charge >= 0.3 is 0 Å². The Balaban J connectivity index is 2.32. The van der Waals surface area contributed by atoms with Crippen LogP contribution in [0.15, 0.2) is 36.4 Å². The first-order valence-corrected chi connectivity index (χ1v) is 11.4. The fourth-order valence-corrected chi connectivity index (χ4v) is 4.25. The molecule has 1 amide bonds. The van der Waals surface area contributed by atoms with Crippen molar-refractivity contribution in [3.63, 3.8) is 0 Å². The second kappa shape index (κ2) is 9.25. The number of nitro groups is 1. The number of hydrogen-bond donors (Lipinski definition) is 1. The number of sulfonamides is 1. The van der Waals surface area contributed by atoms with E-state index in [0.29, 0.717) is 12.0 Å². The first-order valence-electron chi connectivity index (χ1n) is 9.53. The Morgan fingerprint density at radius 3 is 2.33 bits per heavy atom. The summed E-state index contributed by atoms with van der Waals surface area (Å²) >= 11 is 0. The predicted octanol–water partition coefficient (Wildman–Crippen LogP) is 3.55. The topological polar surface area (TPSA) is 110 Å². The number of aryl methyl sites for hydroxylation is 3. The summed E-state index contributed by atoms with van der Waals surface area (Å²) in [6.45, 7) is 7.05. The Morgan fingerprint density at radius 2 is 1.80 bits per heavy atom. The summed E-state index contributed by atoms with van der Waals surface area (Å²) < 4.78 is 25.7. The van der Waals surface area contributed by atoms with Crippen LogP contribution in [0.2, 0.25) is 0 Å². The van der Waals surface area contributed by atoms with Crippen molar-refractivity contribution in [3.8, 4) is 0 Å². The molecule has 1 atom stereocenters. The summed E-state index contributed by atoms with van der Waals surface area (Å²) in [4.78, 5) is 23.3. The lowest BCUT2D eigenvalue weighted by molar-refractivity contribution is -0.384. The summed E-state index contributed by atoms with van der Waals surface area (Å²) in [5, 5.41) is 14.0. The highest BCUT2D eigenvalue weighted by Crippen LogP contribution is 2.28. The molecule has 0 aliphatic carbocycles. The van der Waals surface area contributed by atoms with Crippen LogP contribution in [-0.2, 0) is 14.8 Å². The van der Waals surface area contributed by atoms with Gasteiger partial charge in [0.05, 0.1) is 22.9 Å². The number of nitro benzene ring substituents is 1. The van der Waals surface area contributed by atoms with E-state index in [4.69, 9.17) is 0 Å². The standard InChI is InChI=1S/C21H27N3O5S/c1-6-19(18-10-7-14(2)11-16(18)4)22-21(25)13-23(30(5,28)29)20-12-17(24(26)27)9-8-15(20)3/h7-12,19H,6,13H2,1-5H3,(H,22,25)/t19-/m0/s1. The van der Waals surface area contributed by atoms with Gasteiger partial charge in [-0.1, -0.05) is 36.8 Å². The second-order valence-corrected chi connectivity index (χ2v) is 9.29. The zero-order valence-electron chi connectivity index (χ0n) is 17.8. The second-order valence-electron chi connectivity index (χ2n) is 7.39. The highest BCUT2D eigenvalue weighted by Gasteiger charge is 2.25. The molecule has 0 bridgehead atoms. The van der Waals surface area contributed by atoms with Gasteiger partial charge in [-0.25, -0.2) is 8.42 Å². The van der Waals surface area contributed by atoms with Crippen LogP contribution in [0.3, 0.4) is 0 Å². The number of benzene rings is 2. The van der Waals surface area contributed by atoms with Crippen molar-refractivity contribution in [2.24, 2.45) is 0 Å². The molecule has 2 aromatic rings. The SMILES string of the molecule is CC[C@H](NC(=O)CN(c1cc([N+](=O)[O-])ccc1C)S(C)(=O)=O)c1ccc(C)cc1C. The Labute approximate surface area is 177 Å². The van der Waals surface area contributed by atoms with E-state index in [1.165, 1.54) is 18.2 Å². The van der Waals surface area contributed by atoms with Gasteiger partial charge in [0.25, 0.3) is 5.69 Å². The molecule has 0 heterocycles. The predicted molar refractivity (Wildman–Crippen MR) is 117 cm³/mol. The molecule has 0 aromatic heterocycles. The third-order valence-corrected chi connectivity index (χ3v) is 6.03. The number of nitrogens with zero attached hydrogens (tertiary/aromatic N) is 2. The number of rotatable bonds is 8. The van der Waals surface area contributed by atoms with E-state index in [0.717, 1.165) is 27.3 Å². The van der Waals surface area contributed by atoms with Crippen LogP contribution in [0.25, 0.3) is 0 Å². The molecule has 0 spiro atoms. The molecule has 0 radical (unpaired) electrons. The van der Waals surface area contributed by atoms with Crippen molar-refractivity contribution in [1.29, 1.82) is 0 Å². The molecule has 8 nitrogen and oxygen atoms in total. The lowest BCUT2D eigenvalue weighted by Gasteiger charge is -2.25. The number of amides is 1. The van der Waals surface area contributed by atoms with E-state index in [-0.39, 0.29) is 17.4 Å². The van der Waals surface area contributed by atoms with Crippen molar-refractivity contribution in [2.45, 2.75) is 40.2 Å². The smallest absolute Gasteiger partial charge is 0.271 e. The fourth-order valence-electron chi connectivity index (χ4n) is 3.35. The van der Waals surface area contributed by atoms with E-state index in [1.54, 1.807) is 6.92 Å². The van der Waals surface area contributed by atoms with Gasteiger partial charge in [-0.05, 0) is 43.9 Å². The van der Waals surface area contributed by atoms with Crippen LogP contribution in [0.4, 0.5) is 11.4 Å². The summed E-state index contributed by atoms with van der Waals surface area (Å²) in [6.07, 6.45) is 1.60. The molecule has 2 rings (SSSR count). The molecule has 2 aromatic carbocycles. The summed E-state index contributed by atoms with van der Waals surface area (Å²) in [6, 6.07) is 9.61. The van der Waals surface area contributed by atoms with Gasteiger partial charge in [0.2, 0.25) is 15.9 Å². The van der Waals surface area contributed by atoms with E-state index in [2.05, 4.69) is 5.32 Å². The summed E-state index contributed by atoms with van der Waals surface area (Å²) in [7, 11) is -3.85. The van der Waals surface area contributed by atoms with E-state index < -0.39 is 27.4 Å². The number of carbonyl (C=O) groups is 1. The van der Waals surface area contributed by atoms with Crippen LogP contribution in [0.1, 0.15) is 41.6 Å². The zero-order valence-corrected chi connectivity index (χ0v) is 18.6. The Hall–Kier alpha value is -2.94. The minimum absolute atomic E-state index is 0.112. The maximum Gasteiger partial charge on any atom is 0.271 e. The number of non-ortho nitro benzene ring substituents is 1. The van der Waals surface area contributed by atoms with E-state index >= 15 is 0 Å². The maximum absolute atomic E-state index is 12.8. The molecular weight excluding hydrogens is 406 g/mol. The van der Waals surface area contributed by atoms with Gasteiger partial charge in [0.15, 0.2) is 0 Å². The molecule has 1 N–H and O–H groups in total. The maximum atomic E-state index is 12.8. The van der Waals surface area contributed by atoms with Gasteiger partial charge in [-0.2, -0.15) is 0 Å². The number of carbonyl (C=O) groups excluding carboxylic acids is 1. The van der Waals surface area contributed by atoms with Crippen molar-refractivity contribution in [2.75, 3.05) is 17.1 Å². The number of nitrogens with one attached hydrogen (secondary N) is 1. The van der Waals surface area contributed by atoms with Crippen LogP contribution in [0, 0.1) is 30.9 Å². The normalized spacial score (nSPS) is 12.3. The molecule has 0 saturated heterocycles. The lowest BCUT2D eigenvalue weighted by atomic mass is 9.97. The summed E-state index contributed by atoms with van der Waals surface area (Å²) in [5.41, 5.74) is 3.50. The third-order valence-electron chi connectivity index (χ3n) is 4.90. The van der Waals surface area contributed by atoms with Gasteiger partial charge < -0.3 is 5.32 Å². The van der Waals surface area contributed by atoms with Gasteiger partial charge in [-0.3, -0.25) is 19.2 Å². The Kier molecular flexibility index (Phi) is 7.20. The molecule has 0 aliphatic rings. The monoisotopic (exact) mass is 433 g/mol. The molecule has 162 valence electrons. The first kappa shape index (κ1) is 23.3. The van der Waals surface area contributed by atoms with Crippen LogP contribution in [-0.4, -0.2) is 32.0 Å². The Bertz CT molecular complexity index is 1070. The third kappa shape index (κ3) is 5.56. The number of anilines is 1. The highest BCUT2D eigenvalue weighted by molar-refractivity contribution is 7.92. The van der Waals surface area contributed by atoms with E-state index in [9.17, 15) is 23.3 Å². The van der Waals surface area contributed by atoms with Crippen LogP contribution >= 0.6 is 0 Å². The van der Waals surface area contributed by atoms with Crippen molar-refractivity contribution < 1.29 is 18.1 Å². The van der Waals surface area contributed by atoms with Gasteiger partial charge in [0.1, 0.15) is 6.54 Å². The van der Waals surface area contributed by atoms with Crippen molar-refractivity contribution in [1.82, 2.24) is 5.32 Å². The quantitative estimate of drug-likeness (QED) is 0.506. The molecule has 30 heavy (non-hydrogen) atoms. The van der Waals surface area contributed by atoms with Gasteiger partial charge in [-0.15, -0.1) is 0 Å². The highest BCUT2D eigenvalue weighted by atomic mass is 32.2. The molecule has 9 heteroatoms. The van der Waals surface area contributed by atoms with Crippen molar-refractivity contribution >= 4 is 27.3 Å². The molecule has 0 saturated carbocycles. The van der Waals surface area contributed by atoms with Crippen molar-refractivity contribution in [3.05, 3.63) is 68.8 Å². The van der Waals surface area contributed by atoms with E-state index in [1.807, 2.05) is 39.0 Å². The average Bonchev–Trinajstić information content (AvgIpc) is 2.64. The molecule has 0 aliphatic heterocycles. The van der Waals surface area contributed by atoms with Gasteiger partial charge in [0, 0.05) is 12.1 Å².